The molecule has 2 aliphatic rings. The zero-order valence-electron chi connectivity index (χ0n) is 13.0. The number of thiophene rings is 1. The highest BCUT2D eigenvalue weighted by atomic mass is 32.1. The van der Waals surface area contributed by atoms with Crippen LogP contribution in [0.25, 0.3) is 0 Å². The Morgan fingerprint density at radius 2 is 1.96 bits per heavy atom. The molecule has 1 amide bonds. The third-order valence-corrected chi connectivity index (χ3v) is 5.79. The van der Waals surface area contributed by atoms with Crippen LogP contribution in [-0.2, 0) is 9.59 Å². The standard InChI is InChI=1S/C19H17NO3S/c21-13-4-1-3-11(7-13)14-10-18(23)20-15-8-12(9-16(22)19(14)15)17-5-2-6-24-17/h1-7,12,14,21H,8-10H2,(H,20,23)/t12-,14-/m1/s1. The van der Waals surface area contributed by atoms with Crippen LogP contribution in [0, 0.1) is 0 Å². The number of nitrogens with one attached hydrogen (secondary N) is 1. The zero-order valence-corrected chi connectivity index (χ0v) is 13.8. The number of carbonyl (C=O) groups is 2. The second-order valence-corrected chi connectivity index (χ2v) is 7.32. The summed E-state index contributed by atoms with van der Waals surface area (Å²) >= 11 is 1.65. The molecule has 0 saturated carbocycles. The first kappa shape index (κ1) is 15.1. The van der Waals surface area contributed by atoms with Gasteiger partial charge in [0.2, 0.25) is 5.91 Å². The van der Waals surface area contributed by atoms with Gasteiger partial charge in [-0.15, -0.1) is 11.3 Å². The molecule has 1 aromatic carbocycles. The largest absolute Gasteiger partial charge is 0.508 e. The molecule has 1 aromatic heterocycles. The summed E-state index contributed by atoms with van der Waals surface area (Å²) in [7, 11) is 0. The summed E-state index contributed by atoms with van der Waals surface area (Å²) in [6.07, 6.45) is 1.41. The van der Waals surface area contributed by atoms with Gasteiger partial charge in [-0.25, -0.2) is 0 Å². The van der Waals surface area contributed by atoms with Gasteiger partial charge >= 0.3 is 0 Å². The molecule has 24 heavy (non-hydrogen) atoms. The lowest BCUT2D eigenvalue weighted by molar-refractivity contribution is -0.122. The Labute approximate surface area is 143 Å². The first-order valence-corrected chi connectivity index (χ1v) is 8.88. The molecule has 0 radical (unpaired) electrons. The maximum absolute atomic E-state index is 12.8. The van der Waals surface area contributed by atoms with Crippen molar-refractivity contribution in [3.63, 3.8) is 0 Å². The van der Waals surface area contributed by atoms with Crippen molar-refractivity contribution in [1.82, 2.24) is 5.32 Å². The first-order valence-electron chi connectivity index (χ1n) is 8.00. The van der Waals surface area contributed by atoms with Gasteiger partial charge in [0.25, 0.3) is 0 Å². The molecular weight excluding hydrogens is 322 g/mol. The second kappa shape index (κ2) is 5.91. The SMILES string of the molecule is O=C1C[C@H](c2cccc(O)c2)C2=C(C[C@@H](c3cccs3)CC2=O)N1. The Bertz CT molecular complexity index is 838. The topological polar surface area (TPSA) is 66.4 Å². The van der Waals surface area contributed by atoms with E-state index in [0.29, 0.717) is 18.4 Å². The number of Topliss-reactive ketones (excluding diaryl/α,β-unsaturated/α-hetero) is 1. The fourth-order valence-electron chi connectivity index (χ4n) is 3.71. The average Bonchev–Trinajstić information content (AvgIpc) is 3.08. The Morgan fingerprint density at radius 3 is 2.71 bits per heavy atom. The minimum atomic E-state index is -0.266. The van der Waals surface area contributed by atoms with Gasteiger partial charge in [0.05, 0.1) is 0 Å². The van der Waals surface area contributed by atoms with E-state index in [1.54, 1.807) is 29.5 Å². The molecule has 0 saturated heterocycles. The Kier molecular flexibility index (Phi) is 3.73. The highest BCUT2D eigenvalue weighted by molar-refractivity contribution is 7.10. The summed E-state index contributed by atoms with van der Waals surface area (Å²) in [5.41, 5.74) is 2.29. The van der Waals surface area contributed by atoms with E-state index < -0.39 is 0 Å². The predicted octanol–water partition coefficient (Wildman–Crippen LogP) is 3.46. The molecule has 0 bridgehead atoms. The normalized spacial score (nSPS) is 23.8. The zero-order chi connectivity index (χ0) is 16.7. The van der Waals surface area contributed by atoms with Gasteiger partial charge in [0, 0.05) is 40.8 Å². The first-order chi connectivity index (χ1) is 11.6. The predicted molar refractivity (Wildman–Crippen MR) is 91.9 cm³/mol. The Hall–Kier alpha value is -2.40. The van der Waals surface area contributed by atoms with E-state index in [9.17, 15) is 14.7 Å². The summed E-state index contributed by atoms with van der Waals surface area (Å²) in [6.45, 7) is 0. The fraction of sp³-hybridized carbons (Fsp3) is 0.263. The maximum atomic E-state index is 12.8. The number of amides is 1. The summed E-state index contributed by atoms with van der Waals surface area (Å²) in [5, 5.41) is 14.7. The van der Waals surface area contributed by atoms with Gasteiger partial charge in [-0.3, -0.25) is 9.59 Å². The highest BCUT2D eigenvalue weighted by Gasteiger charge is 2.38. The van der Waals surface area contributed by atoms with Crippen molar-refractivity contribution < 1.29 is 14.7 Å². The van der Waals surface area contributed by atoms with Crippen LogP contribution in [0.1, 0.15) is 41.5 Å². The van der Waals surface area contributed by atoms with Crippen LogP contribution < -0.4 is 5.32 Å². The molecule has 5 heteroatoms. The average molecular weight is 339 g/mol. The van der Waals surface area contributed by atoms with E-state index in [0.717, 1.165) is 11.3 Å². The van der Waals surface area contributed by atoms with Crippen LogP contribution in [0.3, 0.4) is 0 Å². The number of rotatable bonds is 2. The number of hydrogen-bond acceptors (Lipinski definition) is 4. The molecular formula is C19H17NO3S. The molecule has 0 unspecified atom stereocenters. The minimum absolute atomic E-state index is 0.0678. The summed E-state index contributed by atoms with van der Waals surface area (Å²) < 4.78 is 0. The van der Waals surface area contributed by atoms with Crippen LogP contribution in [-0.4, -0.2) is 16.8 Å². The van der Waals surface area contributed by atoms with E-state index in [4.69, 9.17) is 0 Å². The third kappa shape index (κ3) is 2.65. The number of allylic oxidation sites excluding steroid dienone is 2. The smallest absolute Gasteiger partial charge is 0.225 e. The molecule has 2 heterocycles. The molecule has 2 aromatic rings. The van der Waals surface area contributed by atoms with Gasteiger partial charge in [0.15, 0.2) is 5.78 Å². The van der Waals surface area contributed by atoms with Crippen molar-refractivity contribution in [2.45, 2.75) is 31.1 Å². The Balaban J connectivity index is 1.74. The Morgan fingerprint density at radius 1 is 1.08 bits per heavy atom. The quantitative estimate of drug-likeness (QED) is 0.880. The molecule has 4 rings (SSSR count). The van der Waals surface area contributed by atoms with Crippen molar-refractivity contribution >= 4 is 23.0 Å². The van der Waals surface area contributed by atoms with Gasteiger partial charge in [0.1, 0.15) is 5.75 Å². The highest BCUT2D eigenvalue weighted by Crippen LogP contribution is 2.43. The maximum Gasteiger partial charge on any atom is 0.225 e. The number of hydrogen-bond donors (Lipinski definition) is 2. The summed E-state index contributed by atoms with van der Waals surface area (Å²) in [4.78, 5) is 26.2. The van der Waals surface area contributed by atoms with Gasteiger partial charge in [-0.2, -0.15) is 0 Å². The number of carbonyl (C=O) groups excluding carboxylic acids is 2. The van der Waals surface area contributed by atoms with Crippen LogP contribution >= 0.6 is 11.3 Å². The van der Waals surface area contributed by atoms with Crippen molar-refractivity contribution in [2.75, 3.05) is 0 Å². The van der Waals surface area contributed by atoms with Gasteiger partial charge in [-0.05, 0) is 35.6 Å². The number of ketones is 1. The minimum Gasteiger partial charge on any atom is -0.508 e. The van der Waals surface area contributed by atoms with Crippen LogP contribution in [0.2, 0.25) is 0 Å². The molecule has 2 N–H and O–H groups in total. The molecule has 4 nitrogen and oxygen atoms in total. The number of phenols is 1. The lowest BCUT2D eigenvalue weighted by atomic mass is 9.75. The fourth-order valence-corrected chi connectivity index (χ4v) is 4.54. The molecule has 0 spiro atoms. The number of benzene rings is 1. The summed E-state index contributed by atoms with van der Waals surface area (Å²) in [6, 6.07) is 10.9. The van der Waals surface area contributed by atoms with Crippen LogP contribution in [0.15, 0.2) is 53.0 Å². The van der Waals surface area contributed by atoms with E-state index >= 15 is 0 Å². The number of aromatic hydroxyl groups is 1. The van der Waals surface area contributed by atoms with E-state index in [1.807, 2.05) is 23.6 Å². The van der Waals surface area contributed by atoms with Crippen molar-refractivity contribution in [2.24, 2.45) is 0 Å². The molecule has 2 atom stereocenters. The van der Waals surface area contributed by atoms with Crippen molar-refractivity contribution in [1.29, 1.82) is 0 Å². The van der Waals surface area contributed by atoms with Crippen molar-refractivity contribution in [3.05, 3.63) is 63.5 Å². The second-order valence-electron chi connectivity index (χ2n) is 6.34. The van der Waals surface area contributed by atoms with E-state index in [1.165, 1.54) is 4.88 Å². The van der Waals surface area contributed by atoms with E-state index in [2.05, 4.69) is 5.32 Å². The number of phenolic OH excluding ortho intramolecular Hbond substituents is 1. The lowest BCUT2D eigenvalue weighted by Gasteiger charge is -2.34. The monoisotopic (exact) mass is 339 g/mol. The summed E-state index contributed by atoms with van der Waals surface area (Å²) in [5.74, 6) is 0.0576. The van der Waals surface area contributed by atoms with E-state index in [-0.39, 0.29) is 35.7 Å². The van der Waals surface area contributed by atoms with Crippen LogP contribution in [0.5, 0.6) is 5.75 Å². The lowest BCUT2D eigenvalue weighted by Crippen LogP contribution is -2.38. The molecule has 1 aliphatic heterocycles. The molecule has 1 aliphatic carbocycles. The molecule has 122 valence electrons. The third-order valence-electron chi connectivity index (χ3n) is 4.75. The van der Waals surface area contributed by atoms with Crippen LogP contribution in [0.4, 0.5) is 0 Å². The molecule has 0 fully saturated rings. The van der Waals surface area contributed by atoms with Gasteiger partial charge < -0.3 is 10.4 Å². The van der Waals surface area contributed by atoms with Gasteiger partial charge in [-0.1, -0.05) is 18.2 Å². The van der Waals surface area contributed by atoms with Crippen molar-refractivity contribution in [3.8, 4) is 5.75 Å².